The SMILES string of the molecule is O=C(NCCCOCC1CCCO1)c1cccc(F)n1. The lowest BCUT2D eigenvalue weighted by Crippen LogP contribution is -2.26. The molecule has 110 valence electrons. The predicted octanol–water partition coefficient (Wildman–Crippen LogP) is 1.54. The first-order valence-electron chi connectivity index (χ1n) is 6.86. The molecule has 1 saturated heterocycles. The first-order chi connectivity index (χ1) is 9.75. The summed E-state index contributed by atoms with van der Waals surface area (Å²) in [5, 5.41) is 2.68. The van der Waals surface area contributed by atoms with E-state index in [1.54, 1.807) is 0 Å². The molecule has 6 heteroatoms. The maximum absolute atomic E-state index is 12.8. The Bertz CT molecular complexity index is 436. The van der Waals surface area contributed by atoms with Crippen LogP contribution in [0, 0.1) is 5.95 Å². The van der Waals surface area contributed by atoms with Gasteiger partial charge in [0, 0.05) is 19.8 Å². The van der Waals surface area contributed by atoms with Crippen LogP contribution in [0.25, 0.3) is 0 Å². The van der Waals surface area contributed by atoms with Crippen molar-refractivity contribution in [2.24, 2.45) is 0 Å². The van der Waals surface area contributed by atoms with Gasteiger partial charge in [-0.2, -0.15) is 4.39 Å². The molecule has 1 aromatic rings. The van der Waals surface area contributed by atoms with Crippen molar-refractivity contribution < 1.29 is 18.7 Å². The van der Waals surface area contributed by atoms with Crippen LogP contribution in [0.15, 0.2) is 18.2 Å². The molecule has 1 aliphatic rings. The molecule has 2 rings (SSSR count). The highest BCUT2D eigenvalue weighted by atomic mass is 19.1. The van der Waals surface area contributed by atoms with Crippen LogP contribution < -0.4 is 5.32 Å². The molecule has 1 atom stereocenters. The van der Waals surface area contributed by atoms with E-state index >= 15 is 0 Å². The van der Waals surface area contributed by atoms with Gasteiger partial charge in [-0.05, 0) is 31.4 Å². The van der Waals surface area contributed by atoms with Crippen molar-refractivity contribution in [3.05, 3.63) is 29.8 Å². The topological polar surface area (TPSA) is 60.5 Å². The second kappa shape index (κ2) is 7.91. The largest absolute Gasteiger partial charge is 0.379 e. The number of nitrogens with one attached hydrogen (secondary N) is 1. The summed E-state index contributed by atoms with van der Waals surface area (Å²) in [7, 11) is 0. The van der Waals surface area contributed by atoms with Gasteiger partial charge >= 0.3 is 0 Å². The Hall–Kier alpha value is -1.53. The number of halogens is 1. The molecular formula is C14H19FN2O3. The van der Waals surface area contributed by atoms with Crippen molar-refractivity contribution in [1.82, 2.24) is 10.3 Å². The number of carbonyl (C=O) groups is 1. The molecule has 0 saturated carbocycles. The molecule has 0 aromatic carbocycles. The standard InChI is InChI=1S/C14H19FN2O3/c15-13-6-1-5-12(17-13)14(18)16-7-3-8-19-10-11-4-2-9-20-11/h1,5-6,11H,2-4,7-10H2,(H,16,18). The summed E-state index contributed by atoms with van der Waals surface area (Å²) >= 11 is 0. The quantitative estimate of drug-likeness (QED) is 0.608. The summed E-state index contributed by atoms with van der Waals surface area (Å²) in [6.07, 6.45) is 3.08. The maximum Gasteiger partial charge on any atom is 0.269 e. The van der Waals surface area contributed by atoms with Crippen molar-refractivity contribution in [1.29, 1.82) is 0 Å². The molecule has 0 bridgehead atoms. The number of hydrogen-bond acceptors (Lipinski definition) is 4. The molecule has 1 amide bonds. The van der Waals surface area contributed by atoms with Crippen molar-refractivity contribution in [2.75, 3.05) is 26.4 Å². The fraction of sp³-hybridized carbons (Fsp3) is 0.571. The van der Waals surface area contributed by atoms with E-state index in [9.17, 15) is 9.18 Å². The minimum absolute atomic E-state index is 0.0882. The summed E-state index contributed by atoms with van der Waals surface area (Å²) in [5.41, 5.74) is 0.0882. The Morgan fingerprint density at radius 3 is 3.20 bits per heavy atom. The van der Waals surface area contributed by atoms with E-state index in [1.807, 2.05) is 0 Å². The first kappa shape index (κ1) is 14.9. The fourth-order valence-corrected chi connectivity index (χ4v) is 1.99. The average molecular weight is 282 g/mol. The van der Waals surface area contributed by atoms with Gasteiger partial charge in [-0.1, -0.05) is 6.07 Å². The second-order valence-electron chi connectivity index (χ2n) is 4.66. The zero-order valence-corrected chi connectivity index (χ0v) is 11.3. The molecule has 1 aliphatic heterocycles. The molecule has 20 heavy (non-hydrogen) atoms. The third kappa shape index (κ3) is 4.86. The van der Waals surface area contributed by atoms with Crippen LogP contribution in [0.5, 0.6) is 0 Å². The zero-order valence-electron chi connectivity index (χ0n) is 11.3. The van der Waals surface area contributed by atoms with Crippen molar-refractivity contribution in [2.45, 2.75) is 25.4 Å². The van der Waals surface area contributed by atoms with Gasteiger partial charge in [0.1, 0.15) is 5.69 Å². The van der Waals surface area contributed by atoms with Gasteiger partial charge in [0.2, 0.25) is 5.95 Å². The van der Waals surface area contributed by atoms with Crippen LogP contribution in [-0.2, 0) is 9.47 Å². The normalized spacial score (nSPS) is 18.1. The molecule has 0 radical (unpaired) electrons. The van der Waals surface area contributed by atoms with E-state index in [4.69, 9.17) is 9.47 Å². The number of aromatic nitrogens is 1. The average Bonchev–Trinajstić information content (AvgIpc) is 2.95. The first-order valence-corrected chi connectivity index (χ1v) is 6.86. The summed E-state index contributed by atoms with van der Waals surface area (Å²) in [6.45, 7) is 2.48. The highest BCUT2D eigenvalue weighted by Gasteiger charge is 2.15. The fourth-order valence-electron chi connectivity index (χ4n) is 1.99. The number of carbonyl (C=O) groups excluding carboxylic acids is 1. The van der Waals surface area contributed by atoms with Crippen LogP contribution in [0.1, 0.15) is 29.8 Å². The van der Waals surface area contributed by atoms with Gasteiger partial charge in [0.25, 0.3) is 5.91 Å². The van der Waals surface area contributed by atoms with Crippen LogP contribution in [0.2, 0.25) is 0 Å². The molecule has 0 aliphatic carbocycles. The Morgan fingerprint density at radius 1 is 1.55 bits per heavy atom. The molecule has 1 unspecified atom stereocenters. The van der Waals surface area contributed by atoms with Crippen molar-refractivity contribution in [3.63, 3.8) is 0 Å². The lowest BCUT2D eigenvalue weighted by molar-refractivity contribution is 0.0166. The molecule has 1 N–H and O–H groups in total. The van der Waals surface area contributed by atoms with Crippen molar-refractivity contribution >= 4 is 5.91 Å². The van der Waals surface area contributed by atoms with Gasteiger partial charge in [0.15, 0.2) is 0 Å². The van der Waals surface area contributed by atoms with E-state index in [0.29, 0.717) is 26.2 Å². The smallest absolute Gasteiger partial charge is 0.269 e. The highest BCUT2D eigenvalue weighted by molar-refractivity contribution is 5.92. The number of ether oxygens (including phenoxy) is 2. The van der Waals surface area contributed by atoms with E-state index in [1.165, 1.54) is 18.2 Å². The lowest BCUT2D eigenvalue weighted by Gasteiger charge is -2.10. The molecule has 5 nitrogen and oxygen atoms in total. The minimum atomic E-state index is -0.655. The Morgan fingerprint density at radius 2 is 2.45 bits per heavy atom. The van der Waals surface area contributed by atoms with Crippen molar-refractivity contribution in [3.8, 4) is 0 Å². The van der Waals surface area contributed by atoms with Crippen LogP contribution in [0.4, 0.5) is 4.39 Å². The molecule has 1 fully saturated rings. The lowest BCUT2D eigenvalue weighted by atomic mass is 10.2. The number of hydrogen-bond donors (Lipinski definition) is 1. The Kier molecular flexibility index (Phi) is 5.88. The predicted molar refractivity (Wildman–Crippen MR) is 70.9 cm³/mol. The molecule has 0 spiro atoms. The van der Waals surface area contributed by atoms with E-state index in [-0.39, 0.29) is 17.7 Å². The summed E-state index contributed by atoms with van der Waals surface area (Å²) in [6, 6.07) is 4.14. The molecule has 1 aromatic heterocycles. The van der Waals surface area contributed by atoms with Gasteiger partial charge < -0.3 is 14.8 Å². The Balaban J connectivity index is 1.55. The summed E-state index contributed by atoms with van der Waals surface area (Å²) in [4.78, 5) is 15.2. The zero-order chi connectivity index (χ0) is 14.2. The number of amides is 1. The van der Waals surface area contributed by atoms with Crippen LogP contribution in [0.3, 0.4) is 0 Å². The highest BCUT2D eigenvalue weighted by Crippen LogP contribution is 2.11. The maximum atomic E-state index is 12.8. The van der Waals surface area contributed by atoms with Gasteiger partial charge in [-0.25, -0.2) is 4.98 Å². The third-order valence-corrected chi connectivity index (χ3v) is 3.03. The molecule has 2 heterocycles. The summed E-state index contributed by atoms with van der Waals surface area (Å²) < 4.78 is 23.7. The third-order valence-electron chi connectivity index (χ3n) is 3.03. The van der Waals surface area contributed by atoms with Gasteiger partial charge in [-0.15, -0.1) is 0 Å². The molecular weight excluding hydrogens is 263 g/mol. The second-order valence-corrected chi connectivity index (χ2v) is 4.66. The van der Waals surface area contributed by atoms with Crippen LogP contribution >= 0.6 is 0 Å². The summed E-state index contributed by atoms with van der Waals surface area (Å²) in [5.74, 6) is -1.03. The van der Waals surface area contributed by atoms with Gasteiger partial charge in [-0.3, -0.25) is 4.79 Å². The number of rotatable bonds is 7. The minimum Gasteiger partial charge on any atom is -0.379 e. The number of nitrogens with zero attached hydrogens (tertiary/aromatic N) is 1. The van der Waals surface area contributed by atoms with Gasteiger partial charge in [0.05, 0.1) is 12.7 Å². The van der Waals surface area contributed by atoms with E-state index < -0.39 is 5.95 Å². The van der Waals surface area contributed by atoms with E-state index in [2.05, 4.69) is 10.3 Å². The van der Waals surface area contributed by atoms with Crippen LogP contribution in [-0.4, -0.2) is 43.4 Å². The Labute approximate surface area is 117 Å². The monoisotopic (exact) mass is 282 g/mol. The van der Waals surface area contributed by atoms with E-state index in [0.717, 1.165) is 19.4 Å². The number of pyridine rings is 1.